The van der Waals surface area contributed by atoms with Gasteiger partial charge in [-0.05, 0) is 49.1 Å². The van der Waals surface area contributed by atoms with E-state index in [9.17, 15) is 23.2 Å². The van der Waals surface area contributed by atoms with Gasteiger partial charge in [0, 0.05) is 33.8 Å². The molecule has 0 radical (unpaired) electrons. The first kappa shape index (κ1) is 24.2. The highest BCUT2D eigenvalue weighted by Crippen LogP contribution is 2.45. The number of hydrogen-bond acceptors (Lipinski definition) is 6. The first-order valence-corrected chi connectivity index (χ1v) is 13.9. The number of sulfone groups is 1. The third-order valence-electron chi connectivity index (χ3n) is 6.78. The Morgan fingerprint density at radius 3 is 2.48 bits per heavy atom. The molecule has 1 saturated carbocycles. The van der Waals surface area contributed by atoms with Gasteiger partial charge >= 0.3 is 0 Å². The van der Waals surface area contributed by atoms with Crippen LogP contribution in [0.4, 0.5) is 0 Å². The van der Waals surface area contributed by atoms with Gasteiger partial charge in [0.15, 0.2) is 9.84 Å². The highest BCUT2D eigenvalue weighted by molar-refractivity contribution is 7.92. The molecule has 1 atom stereocenters. The van der Waals surface area contributed by atoms with Crippen LogP contribution in [0.1, 0.15) is 43.4 Å². The van der Waals surface area contributed by atoms with E-state index in [0.29, 0.717) is 9.90 Å². The van der Waals surface area contributed by atoms with Crippen LogP contribution in [0.2, 0.25) is 5.02 Å². The van der Waals surface area contributed by atoms with Gasteiger partial charge in [0.1, 0.15) is 4.75 Å². The molecule has 4 rings (SSSR count). The lowest BCUT2D eigenvalue weighted by molar-refractivity contribution is -0.135. The highest BCUT2D eigenvalue weighted by Gasteiger charge is 2.50. The molecule has 2 fully saturated rings. The number of nitrogens with one attached hydrogen (secondary N) is 1. The average Bonchev–Trinajstić information content (AvgIpc) is 3.48. The lowest BCUT2D eigenvalue weighted by Gasteiger charge is -2.30. The van der Waals surface area contributed by atoms with Crippen molar-refractivity contribution in [1.82, 2.24) is 10.4 Å². The van der Waals surface area contributed by atoms with Gasteiger partial charge in [-0.1, -0.05) is 36.6 Å². The molecule has 0 spiro atoms. The molecule has 1 aromatic carbocycles. The Bertz CT molecular complexity index is 1130. The van der Waals surface area contributed by atoms with Crippen LogP contribution in [0.25, 0.3) is 10.4 Å². The summed E-state index contributed by atoms with van der Waals surface area (Å²) in [6, 6.07) is 10.8. The van der Waals surface area contributed by atoms with Crippen LogP contribution in [-0.4, -0.2) is 49.2 Å². The van der Waals surface area contributed by atoms with E-state index < -0.39 is 26.9 Å². The Morgan fingerprint density at radius 1 is 1.12 bits per heavy atom. The van der Waals surface area contributed by atoms with Crippen molar-refractivity contribution in [2.24, 2.45) is 5.92 Å². The van der Waals surface area contributed by atoms with E-state index in [1.54, 1.807) is 28.6 Å². The fourth-order valence-electron chi connectivity index (χ4n) is 4.87. The number of rotatable bonds is 5. The lowest BCUT2D eigenvalue weighted by atomic mass is 9.96. The van der Waals surface area contributed by atoms with Crippen molar-refractivity contribution < 1.29 is 23.2 Å². The molecule has 1 aromatic heterocycles. The van der Waals surface area contributed by atoms with E-state index in [2.05, 4.69) is 0 Å². The zero-order valence-corrected chi connectivity index (χ0v) is 20.5. The molecular formula is C23H27ClN2O5S2. The summed E-state index contributed by atoms with van der Waals surface area (Å²) in [5, 5.41) is 9.79. The standard InChI is InChI=1S/C23H27ClN2O5S2/c24-18-7-5-16(6-8-18)19-9-10-20(32-19)23(15-21(27)25-29)11-12-26(13-14-33(23,30)31)22(28)17-3-1-2-4-17/h5-10,17,29H,1-4,11-15H2,(H,25,27)/t23-/m0/s1. The smallest absolute Gasteiger partial charge is 0.245 e. The maximum absolute atomic E-state index is 13.6. The summed E-state index contributed by atoms with van der Waals surface area (Å²) in [5.41, 5.74) is 2.48. The molecule has 2 heterocycles. The van der Waals surface area contributed by atoms with E-state index in [0.717, 1.165) is 36.1 Å². The maximum Gasteiger partial charge on any atom is 0.245 e. The Balaban J connectivity index is 1.70. The van der Waals surface area contributed by atoms with Crippen molar-refractivity contribution in [2.75, 3.05) is 18.8 Å². The van der Waals surface area contributed by atoms with Gasteiger partial charge in [0.25, 0.3) is 0 Å². The molecule has 7 nitrogen and oxygen atoms in total. The number of hydrogen-bond donors (Lipinski definition) is 2. The van der Waals surface area contributed by atoms with Crippen LogP contribution in [0, 0.1) is 5.92 Å². The summed E-state index contributed by atoms with van der Waals surface area (Å²) >= 11 is 7.30. The zero-order valence-electron chi connectivity index (χ0n) is 18.1. The van der Waals surface area contributed by atoms with Crippen LogP contribution >= 0.6 is 22.9 Å². The maximum atomic E-state index is 13.6. The Hall–Kier alpha value is -1.94. The number of nitrogens with zero attached hydrogens (tertiary/aromatic N) is 1. The van der Waals surface area contributed by atoms with Crippen LogP contribution < -0.4 is 5.48 Å². The fraction of sp³-hybridized carbons (Fsp3) is 0.478. The van der Waals surface area contributed by atoms with Crippen LogP contribution in [0.3, 0.4) is 0 Å². The third kappa shape index (κ3) is 4.82. The zero-order chi connectivity index (χ0) is 23.6. The molecule has 1 aliphatic carbocycles. The number of carbonyl (C=O) groups is 2. The van der Waals surface area contributed by atoms with Gasteiger partial charge in [0.05, 0.1) is 12.2 Å². The monoisotopic (exact) mass is 510 g/mol. The molecule has 2 amide bonds. The topological polar surface area (TPSA) is 104 Å². The number of hydroxylamine groups is 1. The van der Waals surface area contributed by atoms with Gasteiger partial charge in [-0.15, -0.1) is 11.3 Å². The van der Waals surface area contributed by atoms with Gasteiger partial charge in [-0.25, -0.2) is 13.9 Å². The quantitative estimate of drug-likeness (QED) is 0.467. The molecule has 2 aromatic rings. The Morgan fingerprint density at radius 2 is 1.82 bits per heavy atom. The molecule has 10 heteroatoms. The van der Waals surface area contributed by atoms with Crippen LogP contribution in [0.15, 0.2) is 36.4 Å². The van der Waals surface area contributed by atoms with Crippen molar-refractivity contribution in [3.8, 4) is 10.4 Å². The predicted octanol–water partition coefficient (Wildman–Crippen LogP) is 4.00. The second-order valence-electron chi connectivity index (χ2n) is 8.75. The van der Waals surface area contributed by atoms with Crippen LogP contribution in [0.5, 0.6) is 0 Å². The third-order valence-corrected chi connectivity index (χ3v) is 11.0. The van der Waals surface area contributed by atoms with Crippen molar-refractivity contribution in [3.63, 3.8) is 0 Å². The predicted molar refractivity (Wildman–Crippen MR) is 128 cm³/mol. The minimum absolute atomic E-state index is 0.0122. The molecular weight excluding hydrogens is 484 g/mol. The van der Waals surface area contributed by atoms with Crippen molar-refractivity contribution >= 4 is 44.6 Å². The van der Waals surface area contributed by atoms with Gasteiger partial charge < -0.3 is 4.90 Å². The molecule has 33 heavy (non-hydrogen) atoms. The van der Waals surface area contributed by atoms with Crippen LogP contribution in [-0.2, 0) is 24.2 Å². The number of amides is 2. The van der Waals surface area contributed by atoms with Crippen molar-refractivity contribution in [3.05, 3.63) is 46.3 Å². The van der Waals surface area contributed by atoms with E-state index in [4.69, 9.17) is 11.6 Å². The first-order chi connectivity index (χ1) is 15.8. The summed E-state index contributed by atoms with van der Waals surface area (Å²) in [6.45, 7) is 0.372. The van der Waals surface area contributed by atoms with Crippen molar-refractivity contribution in [1.29, 1.82) is 0 Å². The van der Waals surface area contributed by atoms with E-state index in [-0.39, 0.29) is 37.1 Å². The minimum Gasteiger partial charge on any atom is -0.341 e. The summed E-state index contributed by atoms with van der Waals surface area (Å²) in [6.07, 6.45) is 3.42. The second kappa shape index (κ2) is 9.74. The average molecular weight is 511 g/mol. The highest BCUT2D eigenvalue weighted by atomic mass is 35.5. The largest absolute Gasteiger partial charge is 0.341 e. The van der Waals surface area contributed by atoms with Gasteiger partial charge in [0.2, 0.25) is 11.8 Å². The molecule has 1 aliphatic heterocycles. The SMILES string of the molecule is O=C(C[C@]1(c2ccc(-c3ccc(Cl)cc3)s2)CCN(C(=O)C2CCCC2)CCS1(=O)=O)NO. The number of thiophene rings is 1. The van der Waals surface area contributed by atoms with Gasteiger partial charge in [-0.2, -0.15) is 0 Å². The molecule has 0 unspecified atom stereocenters. The van der Waals surface area contributed by atoms with Gasteiger partial charge in [-0.3, -0.25) is 14.8 Å². The van der Waals surface area contributed by atoms with Crippen molar-refractivity contribution in [2.45, 2.75) is 43.3 Å². The second-order valence-corrected chi connectivity index (χ2v) is 12.7. The number of carbonyl (C=O) groups excluding carboxylic acids is 2. The Kier molecular flexibility index (Phi) is 7.14. The Labute approximate surface area is 202 Å². The summed E-state index contributed by atoms with van der Waals surface area (Å²) in [5.74, 6) is -1.02. The summed E-state index contributed by atoms with van der Waals surface area (Å²) in [4.78, 5) is 28.3. The normalized spacial score (nSPS) is 23.3. The first-order valence-electron chi connectivity index (χ1n) is 11.1. The fourth-order valence-corrected chi connectivity index (χ4v) is 8.61. The number of benzene rings is 1. The minimum atomic E-state index is -3.82. The molecule has 1 saturated heterocycles. The molecule has 2 N–H and O–H groups in total. The van der Waals surface area contributed by atoms with E-state index in [1.807, 2.05) is 18.2 Å². The van der Waals surface area contributed by atoms with E-state index >= 15 is 0 Å². The molecule has 178 valence electrons. The molecule has 0 bridgehead atoms. The summed E-state index contributed by atoms with van der Waals surface area (Å²) < 4.78 is 25.8. The molecule has 2 aliphatic rings. The number of halogens is 1. The lowest BCUT2D eigenvalue weighted by Crippen LogP contribution is -2.41. The van der Waals surface area contributed by atoms with E-state index in [1.165, 1.54) is 11.3 Å². The summed E-state index contributed by atoms with van der Waals surface area (Å²) in [7, 11) is -3.82.